The van der Waals surface area contributed by atoms with Crippen LogP contribution in [-0.4, -0.2) is 23.1 Å². The van der Waals surface area contributed by atoms with Crippen molar-refractivity contribution in [3.05, 3.63) is 11.5 Å². The predicted octanol–water partition coefficient (Wildman–Crippen LogP) is 2.87. The Hall–Kier alpha value is -1.03. The lowest BCUT2D eigenvalue weighted by Crippen LogP contribution is -2.39. The summed E-state index contributed by atoms with van der Waals surface area (Å²) in [5.41, 5.74) is 7.09. The largest absolute Gasteiger partial charge is 0.393 e. The zero-order valence-electron chi connectivity index (χ0n) is 10.5. The number of hydrogen-bond acceptors (Lipinski definition) is 4. The molecule has 1 aliphatic heterocycles. The van der Waals surface area contributed by atoms with Crippen LogP contribution in [0.1, 0.15) is 38.5 Å². The van der Waals surface area contributed by atoms with Crippen LogP contribution >= 0.6 is 11.6 Å². The summed E-state index contributed by atoms with van der Waals surface area (Å²) in [7, 11) is 0. The van der Waals surface area contributed by atoms with Crippen molar-refractivity contribution in [3.8, 4) is 0 Å². The number of aromatic nitrogens is 2. The zero-order valence-corrected chi connectivity index (χ0v) is 11.3. The Labute approximate surface area is 113 Å². The average Bonchev–Trinajstić information content (AvgIpc) is 2.83. The van der Waals surface area contributed by atoms with Crippen molar-refractivity contribution >= 4 is 23.1 Å². The van der Waals surface area contributed by atoms with Crippen molar-refractivity contribution in [1.82, 2.24) is 9.97 Å². The molecule has 1 aliphatic carbocycles. The molecule has 0 unspecified atom stereocenters. The van der Waals surface area contributed by atoms with E-state index >= 15 is 0 Å². The van der Waals surface area contributed by atoms with Crippen LogP contribution in [0.2, 0.25) is 5.15 Å². The van der Waals surface area contributed by atoms with E-state index in [-0.39, 0.29) is 0 Å². The Morgan fingerprint density at radius 3 is 2.44 bits per heavy atom. The predicted molar refractivity (Wildman–Crippen MR) is 73.8 cm³/mol. The number of nitrogens with zero attached hydrogens (tertiary/aromatic N) is 3. The molecule has 98 valence electrons. The van der Waals surface area contributed by atoms with E-state index in [2.05, 4.69) is 14.9 Å². The van der Waals surface area contributed by atoms with Gasteiger partial charge in [0.05, 0.1) is 0 Å². The van der Waals surface area contributed by atoms with Crippen LogP contribution < -0.4 is 10.6 Å². The van der Waals surface area contributed by atoms with Crippen molar-refractivity contribution < 1.29 is 0 Å². The first-order chi connectivity index (χ1) is 8.70. The minimum Gasteiger partial charge on any atom is -0.393 e. The maximum atomic E-state index is 5.96. The van der Waals surface area contributed by atoms with E-state index in [1.165, 1.54) is 44.9 Å². The second-order valence-electron chi connectivity index (χ2n) is 5.60. The molecule has 1 aromatic rings. The summed E-state index contributed by atoms with van der Waals surface area (Å²) < 4.78 is 0. The molecule has 0 atom stereocenters. The van der Waals surface area contributed by atoms with Gasteiger partial charge in [0.2, 0.25) is 0 Å². The molecule has 2 heterocycles. The highest BCUT2D eigenvalue weighted by atomic mass is 35.5. The van der Waals surface area contributed by atoms with E-state index in [0.717, 1.165) is 18.9 Å². The molecular formula is C13H19ClN4. The minimum absolute atomic E-state index is 0.362. The fourth-order valence-electron chi connectivity index (χ4n) is 3.44. The van der Waals surface area contributed by atoms with Crippen molar-refractivity contribution in [2.24, 2.45) is 5.41 Å². The van der Waals surface area contributed by atoms with Gasteiger partial charge in [0, 0.05) is 13.1 Å². The molecule has 18 heavy (non-hydrogen) atoms. The Balaban J connectivity index is 1.74. The monoisotopic (exact) mass is 266 g/mol. The molecule has 2 aliphatic rings. The van der Waals surface area contributed by atoms with E-state index in [4.69, 9.17) is 17.3 Å². The Morgan fingerprint density at radius 2 is 1.78 bits per heavy atom. The molecule has 0 amide bonds. The lowest BCUT2D eigenvalue weighted by Gasteiger charge is -2.40. The number of nitrogens with two attached hydrogens (primary N) is 1. The molecular weight excluding hydrogens is 248 g/mol. The van der Waals surface area contributed by atoms with Crippen LogP contribution in [0.3, 0.4) is 0 Å². The first kappa shape index (κ1) is 12.0. The van der Waals surface area contributed by atoms with Crippen molar-refractivity contribution in [2.75, 3.05) is 23.7 Å². The average molecular weight is 267 g/mol. The van der Waals surface area contributed by atoms with Gasteiger partial charge in [0.25, 0.3) is 0 Å². The summed E-state index contributed by atoms with van der Waals surface area (Å²) in [6.07, 6.45) is 9.63. The lowest BCUT2D eigenvalue weighted by atomic mass is 9.77. The third kappa shape index (κ3) is 2.03. The van der Waals surface area contributed by atoms with Crippen LogP contribution in [0.5, 0.6) is 0 Å². The second-order valence-corrected chi connectivity index (χ2v) is 5.95. The van der Waals surface area contributed by atoms with Crippen molar-refractivity contribution in [2.45, 2.75) is 38.5 Å². The number of rotatable bonds is 1. The first-order valence-corrected chi connectivity index (χ1v) is 7.09. The topological polar surface area (TPSA) is 55.0 Å². The SMILES string of the molecule is Nc1c(Cl)ncnc1N1CCC2(CCCC2)CC1. The van der Waals surface area contributed by atoms with Crippen LogP contribution in [-0.2, 0) is 0 Å². The van der Waals surface area contributed by atoms with E-state index in [1.807, 2.05) is 0 Å². The fraction of sp³-hybridized carbons (Fsp3) is 0.692. The zero-order chi connectivity index (χ0) is 12.6. The number of halogens is 1. The molecule has 2 N–H and O–H groups in total. The lowest BCUT2D eigenvalue weighted by molar-refractivity contribution is 0.226. The quantitative estimate of drug-likeness (QED) is 0.794. The van der Waals surface area contributed by atoms with Gasteiger partial charge in [0.15, 0.2) is 11.0 Å². The number of hydrogen-bond donors (Lipinski definition) is 1. The standard InChI is InChI=1S/C13H19ClN4/c14-11-10(15)12(17-9-16-11)18-7-5-13(6-8-18)3-1-2-4-13/h9H,1-8,15H2. The van der Waals surface area contributed by atoms with E-state index in [0.29, 0.717) is 16.3 Å². The van der Waals surface area contributed by atoms with Gasteiger partial charge in [-0.1, -0.05) is 24.4 Å². The second kappa shape index (κ2) is 4.57. The van der Waals surface area contributed by atoms with Crippen molar-refractivity contribution in [3.63, 3.8) is 0 Å². The summed E-state index contributed by atoms with van der Waals surface area (Å²) in [5.74, 6) is 0.808. The van der Waals surface area contributed by atoms with Crippen LogP contribution in [0, 0.1) is 5.41 Å². The van der Waals surface area contributed by atoms with Gasteiger partial charge >= 0.3 is 0 Å². The molecule has 2 fully saturated rings. The van der Waals surface area contributed by atoms with Crippen molar-refractivity contribution in [1.29, 1.82) is 0 Å². The van der Waals surface area contributed by atoms with Crippen LogP contribution in [0.15, 0.2) is 6.33 Å². The highest BCUT2D eigenvalue weighted by molar-refractivity contribution is 6.32. The van der Waals surface area contributed by atoms with E-state index in [9.17, 15) is 0 Å². The highest BCUT2D eigenvalue weighted by Gasteiger charge is 2.37. The maximum absolute atomic E-state index is 5.96. The number of nitrogen functional groups attached to an aromatic ring is 1. The van der Waals surface area contributed by atoms with Gasteiger partial charge < -0.3 is 10.6 Å². The van der Waals surface area contributed by atoms with Crippen LogP contribution in [0.4, 0.5) is 11.5 Å². The van der Waals surface area contributed by atoms with Gasteiger partial charge in [-0.25, -0.2) is 9.97 Å². The summed E-state index contributed by atoms with van der Waals surface area (Å²) >= 11 is 5.95. The fourth-order valence-corrected chi connectivity index (χ4v) is 3.56. The number of piperidine rings is 1. The normalized spacial score (nSPS) is 22.6. The summed E-state index contributed by atoms with van der Waals surface area (Å²) in [6, 6.07) is 0. The van der Waals surface area contributed by atoms with E-state index in [1.54, 1.807) is 0 Å². The summed E-state index contributed by atoms with van der Waals surface area (Å²) in [5, 5.41) is 0.362. The molecule has 0 bridgehead atoms. The van der Waals surface area contributed by atoms with Gasteiger partial charge in [-0.05, 0) is 31.1 Å². The molecule has 5 heteroatoms. The molecule has 1 saturated heterocycles. The maximum Gasteiger partial charge on any atom is 0.157 e. The molecule has 0 radical (unpaired) electrons. The molecule has 1 spiro atoms. The molecule has 1 saturated carbocycles. The van der Waals surface area contributed by atoms with Gasteiger partial charge in [-0.15, -0.1) is 0 Å². The Kier molecular flexibility index (Phi) is 3.06. The Morgan fingerprint density at radius 1 is 1.11 bits per heavy atom. The third-order valence-electron chi connectivity index (χ3n) is 4.60. The minimum atomic E-state index is 0.362. The first-order valence-electron chi connectivity index (χ1n) is 6.71. The van der Waals surface area contributed by atoms with E-state index < -0.39 is 0 Å². The van der Waals surface area contributed by atoms with Gasteiger partial charge in [-0.2, -0.15) is 0 Å². The summed E-state index contributed by atoms with van der Waals surface area (Å²) in [4.78, 5) is 10.4. The molecule has 4 nitrogen and oxygen atoms in total. The molecule has 3 rings (SSSR count). The van der Waals surface area contributed by atoms with Gasteiger partial charge in [-0.3, -0.25) is 0 Å². The Bertz CT molecular complexity index is 433. The highest BCUT2D eigenvalue weighted by Crippen LogP contribution is 2.46. The van der Waals surface area contributed by atoms with Gasteiger partial charge in [0.1, 0.15) is 12.0 Å². The summed E-state index contributed by atoms with van der Waals surface area (Å²) in [6.45, 7) is 2.08. The smallest absolute Gasteiger partial charge is 0.157 e. The molecule has 0 aromatic carbocycles. The third-order valence-corrected chi connectivity index (χ3v) is 4.90. The molecule has 1 aromatic heterocycles. The van der Waals surface area contributed by atoms with Crippen LogP contribution in [0.25, 0.3) is 0 Å². The number of anilines is 2.